The molecule has 0 atom stereocenters. The molecule has 2 aromatic carbocycles. The van der Waals surface area contributed by atoms with Crippen LogP contribution in [0.3, 0.4) is 0 Å². The molecule has 0 unspecified atom stereocenters. The lowest BCUT2D eigenvalue weighted by Gasteiger charge is -2.06. The molecule has 8 heteroatoms. The zero-order valence-corrected chi connectivity index (χ0v) is 26.1. The topological polar surface area (TPSA) is 53.5 Å². The number of aryl methyl sites for hydroxylation is 4. The van der Waals surface area contributed by atoms with Gasteiger partial charge in [-0.25, -0.2) is 9.97 Å². The highest BCUT2D eigenvalue weighted by Crippen LogP contribution is 2.18. The number of aromatic nitrogens is 2. The summed E-state index contributed by atoms with van der Waals surface area (Å²) in [5.74, 6) is 2.45. The van der Waals surface area contributed by atoms with Crippen LogP contribution in [0.25, 0.3) is 0 Å². The SMILES string of the molecule is COc1ccc(CCc2cc(I)cc(Cl)n2)cc1.COc1ccc(CCc2cc(I)cc(OC)n2)cc1. The van der Waals surface area contributed by atoms with E-state index in [-0.39, 0.29) is 0 Å². The minimum Gasteiger partial charge on any atom is -0.497 e. The number of hydrogen-bond donors (Lipinski definition) is 0. The Hall–Kier alpha value is -2.11. The van der Waals surface area contributed by atoms with Gasteiger partial charge in [-0.2, -0.15) is 0 Å². The molecule has 0 saturated carbocycles. The number of ether oxygens (including phenoxy) is 3. The monoisotopic (exact) mass is 742 g/mol. The Bertz CT molecular complexity index is 1250. The summed E-state index contributed by atoms with van der Waals surface area (Å²) < 4.78 is 17.7. The van der Waals surface area contributed by atoms with E-state index < -0.39 is 0 Å². The fourth-order valence-corrected chi connectivity index (χ4v) is 5.22. The maximum Gasteiger partial charge on any atom is 0.214 e. The normalized spacial score (nSPS) is 10.3. The molecule has 5 nitrogen and oxygen atoms in total. The molecular weight excluding hydrogens is 714 g/mol. The van der Waals surface area contributed by atoms with Gasteiger partial charge >= 0.3 is 0 Å². The van der Waals surface area contributed by atoms with E-state index in [0.717, 1.165) is 55.7 Å². The van der Waals surface area contributed by atoms with Crippen LogP contribution in [-0.2, 0) is 25.7 Å². The Morgan fingerprint density at radius 3 is 1.49 bits per heavy atom. The summed E-state index contributed by atoms with van der Waals surface area (Å²) in [6.45, 7) is 0. The average Bonchev–Trinajstić information content (AvgIpc) is 2.91. The largest absolute Gasteiger partial charge is 0.497 e. The molecule has 4 aromatic rings. The molecule has 0 saturated heterocycles. The molecule has 2 aromatic heterocycles. The number of halogens is 3. The van der Waals surface area contributed by atoms with Crippen molar-refractivity contribution in [1.29, 1.82) is 0 Å². The van der Waals surface area contributed by atoms with Crippen molar-refractivity contribution >= 4 is 56.8 Å². The second-order valence-electron chi connectivity index (χ2n) is 8.11. The predicted molar refractivity (Wildman–Crippen MR) is 166 cm³/mol. The smallest absolute Gasteiger partial charge is 0.214 e. The fourth-order valence-electron chi connectivity index (χ4n) is 3.53. The Morgan fingerprint density at radius 1 is 0.595 bits per heavy atom. The van der Waals surface area contributed by atoms with Crippen LogP contribution >= 0.6 is 56.8 Å². The van der Waals surface area contributed by atoms with Crippen LogP contribution in [0.15, 0.2) is 72.8 Å². The molecule has 0 aliphatic rings. The highest BCUT2D eigenvalue weighted by Gasteiger charge is 2.03. The minimum atomic E-state index is 0.562. The first-order chi connectivity index (χ1) is 17.9. The number of nitrogens with zero attached hydrogens (tertiary/aromatic N) is 2. The first-order valence-electron chi connectivity index (χ1n) is 11.7. The first kappa shape index (κ1) is 29.4. The van der Waals surface area contributed by atoms with Crippen molar-refractivity contribution in [1.82, 2.24) is 9.97 Å². The van der Waals surface area contributed by atoms with E-state index in [1.807, 2.05) is 36.4 Å². The van der Waals surface area contributed by atoms with Crippen molar-refractivity contribution < 1.29 is 14.2 Å². The van der Waals surface area contributed by atoms with E-state index in [0.29, 0.717) is 11.0 Å². The number of benzene rings is 2. The maximum absolute atomic E-state index is 5.94. The van der Waals surface area contributed by atoms with Crippen LogP contribution in [0.4, 0.5) is 0 Å². The van der Waals surface area contributed by atoms with Gasteiger partial charge in [0.2, 0.25) is 5.88 Å². The van der Waals surface area contributed by atoms with E-state index in [1.165, 1.54) is 11.1 Å². The molecule has 4 rings (SSSR count). The van der Waals surface area contributed by atoms with Crippen LogP contribution < -0.4 is 14.2 Å². The van der Waals surface area contributed by atoms with Crippen LogP contribution in [-0.4, -0.2) is 31.3 Å². The summed E-state index contributed by atoms with van der Waals surface area (Å²) in [5.41, 5.74) is 4.63. The Kier molecular flexibility index (Phi) is 12.2. The Labute approximate surface area is 251 Å². The lowest BCUT2D eigenvalue weighted by atomic mass is 10.1. The third-order valence-electron chi connectivity index (χ3n) is 5.50. The molecule has 0 amide bonds. The van der Waals surface area contributed by atoms with E-state index in [9.17, 15) is 0 Å². The summed E-state index contributed by atoms with van der Waals surface area (Å²) in [5, 5.41) is 0.562. The van der Waals surface area contributed by atoms with Gasteiger partial charge in [0.1, 0.15) is 16.7 Å². The second-order valence-corrected chi connectivity index (χ2v) is 11.0. The highest BCUT2D eigenvalue weighted by atomic mass is 127. The zero-order valence-electron chi connectivity index (χ0n) is 21.0. The van der Waals surface area contributed by atoms with Crippen molar-refractivity contribution in [3.8, 4) is 17.4 Å². The lowest BCUT2D eigenvalue weighted by Crippen LogP contribution is -1.98. The van der Waals surface area contributed by atoms with Crippen molar-refractivity contribution in [2.24, 2.45) is 0 Å². The Balaban J connectivity index is 0.000000206. The lowest BCUT2D eigenvalue weighted by molar-refractivity contribution is 0.396. The third kappa shape index (κ3) is 10.3. The van der Waals surface area contributed by atoms with Crippen LogP contribution in [0, 0.1) is 7.14 Å². The molecule has 37 heavy (non-hydrogen) atoms. The van der Waals surface area contributed by atoms with Crippen LogP contribution in [0.5, 0.6) is 17.4 Å². The standard InChI is InChI=1S/C15H16INO2.C14H13ClINO/c1-18-14-7-4-11(5-8-14)3-6-13-9-12(16)10-15(17-13)19-2;1-18-13-6-3-10(4-7-13)2-5-12-8-11(16)9-14(15)17-12/h4-5,7-10H,3,6H2,1-2H3;3-4,6-9H,2,5H2,1H3. The molecule has 0 aliphatic carbocycles. The van der Waals surface area contributed by atoms with Gasteiger partial charge in [0.25, 0.3) is 0 Å². The van der Waals surface area contributed by atoms with Crippen molar-refractivity contribution in [3.63, 3.8) is 0 Å². The molecule has 0 aliphatic heterocycles. The van der Waals surface area contributed by atoms with Gasteiger partial charge in [-0.05, 0) is 124 Å². The molecule has 0 bridgehead atoms. The quantitative estimate of drug-likeness (QED) is 0.131. The predicted octanol–water partition coefficient (Wildman–Crippen LogP) is 7.62. The van der Waals surface area contributed by atoms with Gasteiger partial charge in [0.15, 0.2) is 0 Å². The highest BCUT2D eigenvalue weighted by molar-refractivity contribution is 14.1. The van der Waals surface area contributed by atoms with E-state index >= 15 is 0 Å². The van der Waals surface area contributed by atoms with E-state index in [4.69, 9.17) is 25.8 Å². The van der Waals surface area contributed by atoms with Gasteiger partial charge in [-0.3, -0.25) is 0 Å². The van der Waals surface area contributed by atoms with Crippen LogP contribution in [0.2, 0.25) is 5.15 Å². The van der Waals surface area contributed by atoms with Crippen molar-refractivity contribution in [3.05, 3.63) is 108 Å². The molecule has 0 radical (unpaired) electrons. The molecule has 2 heterocycles. The molecule has 0 spiro atoms. The minimum absolute atomic E-state index is 0.562. The second kappa shape index (κ2) is 15.3. The number of pyridine rings is 2. The van der Waals surface area contributed by atoms with Gasteiger partial charge < -0.3 is 14.2 Å². The third-order valence-corrected chi connectivity index (χ3v) is 6.94. The van der Waals surface area contributed by atoms with Crippen LogP contribution in [0.1, 0.15) is 22.5 Å². The molecule has 194 valence electrons. The maximum atomic E-state index is 5.94. The molecule has 0 N–H and O–H groups in total. The molecular formula is C29H29ClI2N2O3. The summed E-state index contributed by atoms with van der Waals surface area (Å²) in [4.78, 5) is 8.77. The zero-order chi connectivity index (χ0) is 26.6. The number of hydrogen-bond acceptors (Lipinski definition) is 5. The fraction of sp³-hybridized carbons (Fsp3) is 0.241. The Morgan fingerprint density at radius 2 is 1.05 bits per heavy atom. The number of rotatable bonds is 9. The van der Waals surface area contributed by atoms with Gasteiger partial charge in [-0.1, -0.05) is 35.9 Å². The van der Waals surface area contributed by atoms with E-state index in [1.54, 1.807) is 21.3 Å². The average molecular weight is 743 g/mol. The summed E-state index contributed by atoms with van der Waals surface area (Å²) in [7, 11) is 5.00. The molecule has 0 fully saturated rings. The summed E-state index contributed by atoms with van der Waals surface area (Å²) in [6.07, 6.45) is 3.70. The number of methoxy groups -OCH3 is 3. The first-order valence-corrected chi connectivity index (χ1v) is 14.2. The summed E-state index contributed by atoms with van der Waals surface area (Å²) in [6, 6.07) is 24.2. The van der Waals surface area contributed by atoms with Gasteiger partial charge in [-0.15, -0.1) is 0 Å². The van der Waals surface area contributed by atoms with Gasteiger partial charge in [0.05, 0.1) is 21.3 Å². The van der Waals surface area contributed by atoms with Gasteiger partial charge in [0, 0.05) is 24.6 Å². The summed E-state index contributed by atoms with van der Waals surface area (Å²) >= 11 is 10.5. The van der Waals surface area contributed by atoms with Crippen molar-refractivity contribution in [2.45, 2.75) is 25.7 Å². The van der Waals surface area contributed by atoms with E-state index in [2.05, 4.69) is 91.5 Å². The van der Waals surface area contributed by atoms with Crippen molar-refractivity contribution in [2.75, 3.05) is 21.3 Å².